The summed E-state index contributed by atoms with van der Waals surface area (Å²) in [5, 5.41) is 2.04. The predicted octanol–water partition coefficient (Wildman–Crippen LogP) is 7.41. The Morgan fingerprint density at radius 3 is 2.03 bits per heavy atom. The summed E-state index contributed by atoms with van der Waals surface area (Å²) in [5.41, 5.74) is 2.92. The number of rotatable bonds is 6. The van der Waals surface area contributed by atoms with Gasteiger partial charge in [-0.25, -0.2) is 0 Å². The second-order valence-corrected chi connectivity index (χ2v) is 8.76. The number of hydrogen-bond acceptors (Lipinski definition) is 4. The van der Waals surface area contributed by atoms with Crippen molar-refractivity contribution in [3.05, 3.63) is 102 Å². The van der Waals surface area contributed by atoms with Crippen LogP contribution in [0.25, 0.3) is 10.8 Å². The first-order valence-electron chi connectivity index (χ1n) is 9.72. The molecule has 0 aliphatic carbocycles. The van der Waals surface area contributed by atoms with E-state index in [1.165, 1.54) is 0 Å². The normalized spacial score (nSPS) is 12.9. The van der Waals surface area contributed by atoms with Crippen molar-refractivity contribution >= 4 is 18.6 Å². The standard InChI is InChI=1S/C25H23O4P/c1-18-7-6-10-23(16-18)27-30(26,29-25-14-11-19(2)15-20(25)3)28-24-13-12-21-8-4-5-9-22(21)17-24/h4-17H,1-3H3. The molecule has 5 heteroatoms. The van der Waals surface area contributed by atoms with E-state index in [0.717, 1.165) is 27.5 Å². The maximum atomic E-state index is 13.7. The van der Waals surface area contributed by atoms with Crippen LogP contribution in [0.2, 0.25) is 0 Å². The molecule has 1 atom stereocenters. The van der Waals surface area contributed by atoms with Crippen molar-refractivity contribution < 1.29 is 18.1 Å². The van der Waals surface area contributed by atoms with Gasteiger partial charge in [0.05, 0.1) is 0 Å². The van der Waals surface area contributed by atoms with Crippen LogP contribution in [0.1, 0.15) is 16.7 Å². The first-order chi connectivity index (χ1) is 14.4. The van der Waals surface area contributed by atoms with Gasteiger partial charge in [0, 0.05) is 0 Å². The summed E-state index contributed by atoms with van der Waals surface area (Å²) in [5.74, 6) is 1.29. The van der Waals surface area contributed by atoms with Crippen LogP contribution in [0.3, 0.4) is 0 Å². The van der Waals surface area contributed by atoms with E-state index >= 15 is 0 Å². The van der Waals surface area contributed by atoms with E-state index in [1.54, 1.807) is 24.3 Å². The molecule has 0 fully saturated rings. The summed E-state index contributed by atoms with van der Waals surface area (Å²) in [6, 6.07) is 26.3. The van der Waals surface area contributed by atoms with Crippen LogP contribution >= 0.6 is 7.82 Å². The molecule has 4 nitrogen and oxygen atoms in total. The molecule has 0 aliphatic heterocycles. The Kier molecular flexibility index (Phi) is 5.52. The highest BCUT2D eigenvalue weighted by molar-refractivity contribution is 7.49. The van der Waals surface area contributed by atoms with Gasteiger partial charge in [-0.15, -0.1) is 0 Å². The third-order valence-electron chi connectivity index (χ3n) is 4.69. The molecule has 4 aromatic carbocycles. The molecular formula is C25H23O4P. The molecule has 4 aromatic rings. The molecule has 0 spiro atoms. The Morgan fingerprint density at radius 1 is 0.600 bits per heavy atom. The molecule has 0 saturated carbocycles. The lowest BCUT2D eigenvalue weighted by Crippen LogP contribution is -2.08. The second-order valence-electron chi connectivity index (χ2n) is 7.32. The van der Waals surface area contributed by atoms with Gasteiger partial charge in [-0.3, -0.25) is 0 Å². The highest BCUT2D eigenvalue weighted by Gasteiger charge is 2.34. The van der Waals surface area contributed by atoms with Gasteiger partial charge in [0.25, 0.3) is 0 Å². The lowest BCUT2D eigenvalue weighted by molar-refractivity contribution is 0.298. The molecule has 4 rings (SSSR count). The van der Waals surface area contributed by atoms with Gasteiger partial charge in [-0.1, -0.05) is 60.2 Å². The zero-order valence-electron chi connectivity index (χ0n) is 17.2. The average Bonchev–Trinajstić information content (AvgIpc) is 2.70. The van der Waals surface area contributed by atoms with Gasteiger partial charge >= 0.3 is 7.82 Å². The van der Waals surface area contributed by atoms with E-state index in [0.29, 0.717) is 17.2 Å². The minimum absolute atomic E-state index is 0.412. The summed E-state index contributed by atoms with van der Waals surface area (Å²) >= 11 is 0. The Hall–Kier alpha value is -3.23. The smallest absolute Gasteiger partial charge is 0.386 e. The van der Waals surface area contributed by atoms with Crippen molar-refractivity contribution in [2.75, 3.05) is 0 Å². The summed E-state index contributed by atoms with van der Waals surface area (Å²) in [6.45, 7) is 5.83. The average molecular weight is 418 g/mol. The SMILES string of the molecule is Cc1cccc(OP(=O)(Oc2ccc3ccccc3c2)Oc2ccc(C)cc2C)c1. The van der Waals surface area contributed by atoms with E-state index in [1.807, 2.05) is 81.4 Å². The summed E-state index contributed by atoms with van der Waals surface area (Å²) in [4.78, 5) is 0. The maximum Gasteiger partial charge on any atom is 0.647 e. The molecule has 0 N–H and O–H groups in total. The van der Waals surface area contributed by atoms with Crippen LogP contribution in [0.15, 0.2) is 84.9 Å². The van der Waals surface area contributed by atoms with Gasteiger partial charge in [0.15, 0.2) is 0 Å². The first kappa shape index (κ1) is 20.1. The van der Waals surface area contributed by atoms with Crippen molar-refractivity contribution in [2.24, 2.45) is 0 Å². The quantitative estimate of drug-likeness (QED) is 0.306. The van der Waals surface area contributed by atoms with E-state index in [9.17, 15) is 4.57 Å². The minimum atomic E-state index is -4.02. The monoisotopic (exact) mass is 418 g/mol. The number of phosphoric ester groups is 1. The number of aryl methyl sites for hydroxylation is 3. The molecule has 0 radical (unpaired) electrons. The first-order valence-corrected chi connectivity index (χ1v) is 11.2. The van der Waals surface area contributed by atoms with Crippen molar-refractivity contribution in [3.63, 3.8) is 0 Å². The number of phosphoric acid groups is 1. The summed E-state index contributed by atoms with van der Waals surface area (Å²) < 4.78 is 31.3. The third kappa shape index (κ3) is 4.67. The van der Waals surface area contributed by atoms with Gasteiger partial charge in [-0.2, -0.15) is 4.57 Å². The highest BCUT2D eigenvalue weighted by atomic mass is 31.2. The van der Waals surface area contributed by atoms with E-state index < -0.39 is 7.82 Å². The lowest BCUT2D eigenvalue weighted by atomic mass is 10.1. The molecule has 0 amide bonds. The Balaban J connectivity index is 1.70. The summed E-state index contributed by atoms with van der Waals surface area (Å²) in [7, 11) is -4.02. The highest BCUT2D eigenvalue weighted by Crippen LogP contribution is 2.50. The predicted molar refractivity (Wildman–Crippen MR) is 121 cm³/mol. The zero-order chi connectivity index (χ0) is 21.1. The van der Waals surface area contributed by atoms with Crippen molar-refractivity contribution in [2.45, 2.75) is 20.8 Å². The lowest BCUT2D eigenvalue weighted by Gasteiger charge is -2.21. The molecule has 0 aromatic heterocycles. The summed E-state index contributed by atoms with van der Waals surface area (Å²) in [6.07, 6.45) is 0. The Labute approximate surface area is 176 Å². The number of benzene rings is 4. The molecular weight excluding hydrogens is 395 g/mol. The molecule has 0 bridgehead atoms. The van der Waals surface area contributed by atoms with Gasteiger partial charge in [0.1, 0.15) is 17.2 Å². The fourth-order valence-corrected chi connectivity index (χ4v) is 4.53. The van der Waals surface area contributed by atoms with Crippen LogP contribution < -0.4 is 13.6 Å². The van der Waals surface area contributed by atoms with Crippen LogP contribution in [0.5, 0.6) is 17.2 Å². The van der Waals surface area contributed by atoms with Crippen molar-refractivity contribution in [1.29, 1.82) is 0 Å². The van der Waals surface area contributed by atoms with Crippen molar-refractivity contribution in [1.82, 2.24) is 0 Å². The molecule has 152 valence electrons. The molecule has 0 heterocycles. The number of hydrogen-bond donors (Lipinski definition) is 0. The fourth-order valence-electron chi connectivity index (χ4n) is 3.23. The second kappa shape index (κ2) is 8.25. The van der Waals surface area contributed by atoms with Crippen LogP contribution in [0.4, 0.5) is 0 Å². The van der Waals surface area contributed by atoms with Crippen LogP contribution in [-0.2, 0) is 4.57 Å². The van der Waals surface area contributed by atoms with E-state index in [2.05, 4.69) is 0 Å². The van der Waals surface area contributed by atoms with E-state index in [4.69, 9.17) is 13.6 Å². The largest absolute Gasteiger partial charge is 0.647 e. The van der Waals surface area contributed by atoms with Crippen molar-refractivity contribution in [3.8, 4) is 17.2 Å². The van der Waals surface area contributed by atoms with Gasteiger partial charge in [-0.05, 0) is 73.0 Å². The molecule has 0 aliphatic rings. The maximum absolute atomic E-state index is 13.7. The topological polar surface area (TPSA) is 44.8 Å². The Bertz CT molecular complexity index is 1250. The minimum Gasteiger partial charge on any atom is -0.386 e. The number of fused-ring (bicyclic) bond motifs is 1. The molecule has 0 saturated heterocycles. The van der Waals surface area contributed by atoms with Gasteiger partial charge in [0.2, 0.25) is 0 Å². The third-order valence-corrected chi connectivity index (χ3v) is 5.97. The van der Waals surface area contributed by atoms with Crippen LogP contribution in [0, 0.1) is 20.8 Å². The fraction of sp³-hybridized carbons (Fsp3) is 0.120. The molecule has 30 heavy (non-hydrogen) atoms. The zero-order valence-corrected chi connectivity index (χ0v) is 18.1. The van der Waals surface area contributed by atoms with E-state index in [-0.39, 0.29) is 0 Å². The van der Waals surface area contributed by atoms with Crippen LogP contribution in [-0.4, -0.2) is 0 Å². The molecule has 1 unspecified atom stereocenters. The Morgan fingerprint density at radius 2 is 1.30 bits per heavy atom. The van der Waals surface area contributed by atoms with Gasteiger partial charge < -0.3 is 13.6 Å².